The summed E-state index contributed by atoms with van der Waals surface area (Å²) in [7, 11) is 1.69. The van der Waals surface area contributed by atoms with Crippen molar-refractivity contribution in [3.05, 3.63) is 41.5 Å². The zero-order valence-corrected chi connectivity index (χ0v) is 11.3. The Kier molecular flexibility index (Phi) is 3.21. The highest BCUT2D eigenvalue weighted by molar-refractivity contribution is 5.30. The monoisotopic (exact) mass is 258 g/mol. The largest absolute Gasteiger partial charge is 0.497 e. The lowest BCUT2D eigenvalue weighted by Crippen LogP contribution is -2.32. The van der Waals surface area contributed by atoms with Crippen LogP contribution >= 0.6 is 0 Å². The predicted molar refractivity (Wildman–Crippen MR) is 72.2 cm³/mol. The van der Waals surface area contributed by atoms with Crippen LogP contribution in [0.25, 0.3) is 0 Å². The molecule has 1 unspecified atom stereocenters. The molecule has 0 amide bonds. The first-order valence-electron chi connectivity index (χ1n) is 6.56. The van der Waals surface area contributed by atoms with E-state index in [2.05, 4.69) is 33.1 Å². The molecule has 0 aliphatic carbocycles. The van der Waals surface area contributed by atoms with Crippen molar-refractivity contribution in [2.24, 2.45) is 0 Å². The van der Waals surface area contributed by atoms with E-state index in [1.54, 1.807) is 7.11 Å². The van der Waals surface area contributed by atoms with Gasteiger partial charge in [0.1, 0.15) is 17.4 Å². The maximum Gasteiger partial charge on any atom is 0.149 e. The van der Waals surface area contributed by atoms with Gasteiger partial charge in [0.05, 0.1) is 13.2 Å². The van der Waals surface area contributed by atoms with E-state index < -0.39 is 0 Å². The summed E-state index contributed by atoms with van der Waals surface area (Å²) in [6.45, 7) is 4.03. The Bertz CT molecular complexity index is 579. The molecule has 1 aromatic heterocycles. The van der Waals surface area contributed by atoms with Crippen molar-refractivity contribution < 1.29 is 4.74 Å². The van der Waals surface area contributed by atoms with Crippen LogP contribution in [-0.2, 0) is 13.0 Å². The minimum atomic E-state index is 0.278. The van der Waals surface area contributed by atoms with Gasteiger partial charge in [0, 0.05) is 19.5 Å². The molecular formula is C14H18N4O. The van der Waals surface area contributed by atoms with Crippen molar-refractivity contribution in [1.29, 1.82) is 0 Å². The molecule has 1 atom stereocenters. The minimum absolute atomic E-state index is 0.278. The van der Waals surface area contributed by atoms with E-state index in [4.69, 9.17) is 4.74 Å². The Labute approximate surface area is 112 Å². The number of ether oxygens (including phenoxy) is 1. The number of nitrogens with zero attached hydrogens (tertiary/aromatic N) is 3. The van der Waals surface area contributed by atoms with Gasteiger partial charge < -0.3 is 14.6 Å². The second kappa shape index (κ2) is 5.01. The normalized spacial score (nSPS) is 18.1. The van der Waals surface area contributed by atoms with Gasteiger partial charge in [0.15, 0.2) is 0 Å². The number of nitrogens with one attached hydrogen (secondary N) is 1. The quantitative estimate of drug-likeness (QED) is 0.907. The molecule has 0 bridgehead atoms. The van der Waals surface area contributed by atoms with Crippen molar-refractivity contribution in [3.8, 4) is 5.75 Å². The van der Waals surface area contributed by atoms with E-state index in [0.717, 1.165) is 36.9 Å². The summed E-state index contributed by atoms with van der Waals surface area (Å²) in [6, 6.07) is 8.38. The molecule has 0 spiro atoms. The van der Waals surface area contributed by atoms with Crippen LogP contribution in [0.3, 0.4) is 0 Å². The summed E-state index contributed by atoms with van der Waals surface area (Å²) in [4.78, 5) is 0. The van der Waals surface area contributed by atoms with Crippen molar-refractivity contribution in [1.82, 2.24) is 20.1 Å². The van der Waals surface area contributed by atoms with E-state index >= 15 is 0 Å². The van der Waals surface area contributed by atoms with E-state index in [0.29, 0.717) is 0 Å². The van der Waals surface area contributed by atoms with Crippen molar-refractivity contribution >= 4 is 0 Å². The average Bonchev–Trinajstić information content (AvgIpc) is 2.84. The number of fused-ring (bicyclic) bond motifs is 1. The smallest absolute Gasteiger partial charge is 0.149 e. The van der Waals surface area contributed by atoms with E-state index in [1.165, 1.54) is 5.56 Å². The molecular weight excluding hydrogens is 240 g/mol. The number of hydrogen-bond donors (Lipinski definition) is 1. The highest BCUT2D eigenvalue weighted by atomic mass is 16.5. The highest BCUT2D eigenvalue weighted by Gasteiger charge is 2.21. The first kappa shape index (κ1) is 12.2. The third-order valence-corrected chi connectivity index (χ3v) is 3.53. The molecule has 19 heavy (non-hydrogen) atoms. The van der Waals surface area contributed by atoms with Crippen molar-refractivity contribution in [2.45, 2.75) is 25.9 Å². The predicted octanol–water partition coefficient (Wildman–Crippen LogP) is 1.54. The van der Waals surface area contributed by atoms with Crippen LogP contribution in [0.2, 0.25) is 0 Å². The van der Waals surface area contributed by atoms with Crippen LogP contribution in [0.5, 0.6) is 5.75 Å². The summed E-state index contributed by atoms with van der Waals surface area (Å²) >= 11 is 0. The van der Waals surface area contributed by atoms with Gasteiger partial charge in [0.25, 0.3) is 0 Å². The zero-order valence-electron chi connectivity index (χ0n) is 11.3. The van der Waals surface area contributed by atoms with Gasteiger partial charge in [-0.15, -0.1) is 10.2 Å². The molecule has 1 N–H and O–H groups in total. The second-order valence-electron chi connectivity index (χ2n) is 4.83. The Balaban J connectivity index is 1.87. The minimum Gasteiger partial charge on any atom is -0.497 e. The molecule has 5 nitrogen and oxygen atoms in total. The molecule has 2 aromatic rings. The molecule has 0 fully saturated rings. The first-order valence-corrected chi connectivity index (χ1v) is 6.56. The lowest BCUT2D eigenvalue weighted by molar-refractivity contribution is 0.414. The number of rotatable bonds is 3. The van der Waals surface area contributed by atoms with Gasteiger partial charge in [-0.3, -0.25) is 0 Å². The maximum atomic E-state index is 5.25. The molecule has 1 aromatic carbocycles. The lowest BCUT2D eigenvalue weighted by atomic mass is 10.1. The summed E-state index contributed by atoms with van der Waals surface area (Å²) in [6.07, 6.45) is 0.789. The number of methoxy groups -OCH3 is 1. The van der Waals surface area contributed by atoms with Crippen LogP contribution in [0.1, 0.15) is 30.2 Å². The number of aromatic nitrogens is 3. The summed E-state index contributed by atoms with van der Waals surface area (Å²) < 4.78 is 7.47. The fraction of sp³-hybridized carbons (Fsp3) is 0.429. The molecule has 3 rings (SSSR count). The van der Waals surface area contributed by atoms with Gasteiger partial charge in [-0.05, 0) is 24.6 Å². The van der Waals surface area contributed by atoms with Gasteiger partial charge in [0.2, 0.25) is 0 Å². The van der Waals surface area contributed by atoms with E-state index in [9.17, 15) is 0 Å². The standard InChI is InChI=1S/C14H18N4O/c1-10-14-17-16-13(18(14)7-6-15-10)9-11-4-3-5-12(8-11)19-2/h3-5,8,10,15H,6-7,9H2,1-2H3. The lowest BCUT2D eigenvalue weighted by Gasteiger charge is -2.21. The van der Waals surface area contributed by atoms with E-state index in [-0.39, 0.29) is 6.04 Å². The Morgan fingerprint density at radius 1 is 1.42 bits per heavy atom. The number of benzene rings is 1. The number of hydrogen-bond acceptors (Lipinski definition) is 4. The molecule has 1 aliphatic heterocycles. The average molecular weight is 258 g/mol. The fourth-order valence-corrected chi connectivity index (χ4v) is 2.49. The third kappa shape index (κ3) is 2.33. The van der Waals surface area contributed by atoms with Crippen molar-refractivity contribution in [3.63, 3.8) is 0 Å². The van der Waals surface area contributed by atoms with Gasteiger partial charge in [-0.1, -0.05) is 12.1 Å². The summed E-state index contributed by atoms with van der Waals surface area (Å²) in [5, 5.41) is 12.0. The second-order valence-corrected chi connectivity index (χ2v) is 4.83. The molecule has 1 aliphatic rings. The Morgan fingerprint density at radius 3 is 3.16 bits per heavy atom. The molecule has 100 valence electrons. The molecule has 2 heterocycles. The topological polar surface area (TPSA) is 52.0 Å². The van der Waals surface area contributed by atoms with E-state index in [1.807, 2.05) is 18.2 Å². The van der Waals surface area contributed by atoms with Crippen LogP contribution in [0, 0.1) is 0 Å². The van der Waals surface area contributed by atoms with Crippen LogP contribution < -0.4 is 10.1 Å². The maximum absolute atomic E-state index is 5.25. The SMILES string of the molecule is COc1cccc(Cc2nnc3n2CCNC3C)c1. The van der Waals surface area contributed by atoms with Crippen LogP contribution in [0.4, 0.5) is 0 Å². The van der Waals surface area contributed by atoms with Crippen molar-refractivity contribution in [2.75, 3.05) is 13.7 Å². The van der Waals surface area contributed by atoms with Gasteiger partial charge >= 0.3 is 0 Å². The van der Waals surface area contributed by atoms with Gasteiger partial charge in [-0.25, -0.2) is 0 Å². The molecule has 5 heteroatoms. The highest BCUT2D eigenvalue weighted by Crippen LogP contribution is 2.19. The van der Waals surface area contributed by atoms with Crippen LogP contribution in [0.15, 0.2) is 24.3 Å². The molecule has 0 saturated carbocycles. The summed E-state index contributed by atoms with van der Waals surface area (Å²) in [5.74, 6) is 2.94. The Hall–Kier alpha value is -1.88. The van der Waals surface area contributed by atoms with Crippen LogP contribution in [-0.4, -0.2) is 28.4 Å². The Morgan fingerprint density at radius 2 is 2.32 bits per heavy atom. The van der Waals surface area contributed by atoms with Gasteiger partial charge in [-0.2, -0.15) is 0 Å². The fourth-order valence-electron chi connectivity index (χ4n) is 2.49. The zero-order chi connectivity index (χ0) is 13.2. The summed E-state index contributed by atoms with van der Waals surface area (Å²) in [5.41, 5.74) is 1.20. The third-order valence-electron chi connectivity index (χ3n) is 3.53. The molecule has 0 saturated heterocycles. The molecule has 0 radical (unpaired) electrons. The first-order chi connectivity index (χ1) is 9.28.